The molecule has 3 unspecified atom stereocenters. The summed E-state index contributed by atoms with van der Waals surface area (Å²) in [6.45, 7) is 5.58. The van der Waals surface area contributed by atoms with Crippen LogP contribution < -0.4 is 14.8 Å². The summed E-state index contributed by atoms with van der Waals surface area (Å²) < 4.78 is 51.4. The molecule has 1 aliphatic rings. The number of nitrogens with zero attached hydrogens (tertiary/aromatic N) is 1. The zero-order valence-electron chi connectivity index (χ0n) is 21.7. The number of benzene rings is 2. The quantitative estimate of drug-likeness (QED) is 0.289. The van der Waals surface area contributed by atoms with E-state index < -0.39 is 26.9 Å². The van der Waals surface area contributed by atoms with Crippen LogP contribution in [0.1, 0.15) is 39.2 Å². The average Bonchev–Trinajstić information content (AvgIpc) is 3.31. The summed E-state index contributed by atoms with van der Waals surface area (Å²) >= 11 is -1.14. The van der Waals surface area contributed by atoms with E-state index in [9.17, 15) is 22.9 Å². The monoisotopic (exact) mass is 552 g/mol. The van der Waals surface area contributed by atoms with Crippen molar-refractivity contribution in [2.24, 2.45) is 5.92 Å². The average molecular weight is 553 g/mol. The maximum absolute atomic E-state index is 14.0. The van der Waals surface area contributed by atoms with Crippen LogP contribution in [0, 0.1) is 5.92 Å². The molecule has 0 radical (unpaired) electrons. The zero-order chi connectivity index (χ0) is 27.2. The third-order valence-corrected chi connectivity index (χ3v) is 9.36. The van der Waals surface area contributed by atoms with E-state index in [-0.39, 0.29) is 61.1 Å². The van der Waals surface area contributed by atoms with Crippen molar-refractivity contribution in [3.05, 3.63) is 54.1 Å². The number of amides is 1. The third kappa shape index (κ3) is 7.61. The van der Waals surface area contributed by atoms with Gasteiger partial charge in [0.25, 0.3) is 0 Å². The van der Waals surface area contributed by atoms with Crippen LogP contribution in [-0.4, -0.2) is 65.4 Å². The number of rotatable bonds is 13. The van der Waals surface area contributed by atoms with Gasteiger partial charge in [-0.3, -0.25) is 4.79 Å². The second kappa shape index (κ2) is 12.5. The summed E-state index contributed by atoms with van der Waals surface area (Å²) in [5, 5.41) is 14.5. The van der Waals surface area contributed by atoms with Gasteiger partial charge in [0.05, 0.1) is 17.6 Å². The summed E-state index contributed by atoms with van der Waals surface area (Å²) in [7, 11) is -4.18. The SMILES string of the molecule is CC(C)CN(C(O)(CCNC(=O)CC(C)[S+](C)[O-])Cc1ccccc1)S(=O)(=O)c1ccc2c(c1)OCO2. The maximum Gasteiger partial charge on any atom is 0.245 e. The van der Waals surface area contributed by atoms with E-state index in [1.807, 2.05) is 44.2 Å². The van der Waals surface area contributed by atoms with Gasteiger partial charge in [0.15, 0.2) is 11.5 Å². The molecular formula is C26H36N2O7S2. The van der Waals surface area contributed by atoms with Gasteiger partial charge in [0, 0.05) is 32.0 Å². The molecule has 2 aromatic rings. The Labute approximate surface area is 222 Å². The van der Waals surface area contributed by atoms with Crippen molar-refractivity contribution in [1.82, 2.24) is 9.62 Å². The summed E-state index contributed by atoms with van der Waals surface area (Å²) in [5.41, 5.74) is -1.09. The molecule has 3 rings (SSSR count). The van der Waals surface area contributed by atoms with Crippen LogP contribution >= 0.6 is 0 Å². The van der Waals surface area contributed by atoms with E-state index in [2.05, 4.69) is 5.32 Å². The summed E-state index contributed by atoms with van der Waals surface area (Å²) in [6, 6.07) is 13.5. The fraction of sp³-hybridized carbons (Fsp3) is 0.500. The molecule has 0 spiro atoms. The summed E-state index contributed by atoms with van der Waals surface area (Å²) in [4.78, 5) is 12.4. The Kier molecular flexibility index (Phi) is 9.87. The second-order valence-corrected chi connectivity index (χ2v) is 13.4. The Balaban J connectivity index is 1.92. The predicted molar refractivity (Wildman–Crippen MR) is 142 cm³/mol. The lowest BCUT2D eigenvalue weighted by Crippen LogP contribution is -2.55. The predicted octanol–water partition coefficient (Wildman–Crippen LogP) is 2.66. The molecule has 1 amide bonds. The number of hydrogen-bond acceptors (Lipinski definition) is 7. The smallest absolute Gasteiger partial charge is 0.245 e. The second-order valence-electron chi connectivity index (χ2n) is 9.70. The minimum absolute atomic E-state index is 0.0103. The number of carbonyl (C=O) groups excluding carboxylic acids is 1. The number of carbonyl (C=O) groups is 1. The molecule has 3 atom stereocenters. The fourth-order valence-corrected chi connectivity index (χ4v) is 6.30. The van der Waals surface area contributed by atoms with Crippen LogP contribution in [-0.2, 0) is 32.4 Å². The third-order valence-electron chi connectivity index (χ3n) is 6.14. The van der Waals surface area contributed by atoms with Crippen molar-refractivity contribution in [3.63, 3.8) is 0 Å². The van der Waals surface area contributed by atoms with E-state index in [0.29, 0.717) is 11.5 Å². The van der Waals surface area contributed by atoms with Gasteiger partial charge in [0.1, 0.15) is 11.0 Å². The lowest BCUT2D eigenvalue weighted by atomic mass is 9.98. The number of nitrogens with one attached hydrogen (secondary N) is 1. The number of fused-ring (bicyclic) bond motifs is 1. The first-order chi connectivity index (χ1) is 17.4. The van der Waals surface area contributed by atoms with Gasteiger partial charge < -0.3 is 24.4 Å². The zero-order valence-corrected chi connectivity index (χ0v) is 23.3. The van der Waals surface area contributed by atoms with Gasteiger partial charge in [-0.05, 0) is 30.5 Å². The molecule has 0 fully saturated rings. The highest BCUT2D eigenvalue weighted by Crippen LogP contribution is 2.37. The Morgan fingerprint density at radius 2 is 1.84 bits per heavy atom. The van der Waals surface area contributed by atoms with Crippen LogP contribution in [0.25, 0.3) is 0 Å². The van der Waals surface area contributed by atoms with Crippen LogP contribution in [0.15, 0.2) is 53.4 Å². The summed E-state index contributed by atoms with van der Waals surface area (Å²) in [5.74, 6) is 0.380. The van der Waals surface area contributed by atoms with Crippen molar-refractivity contribution in [3.8, 4) is 11.5 Å². The van der Waals surface area contributed by atoms with Gasteiger partial charge in [0.2, 0.25) is 22.7 Å². The van der Waals surface area contributed by atoms with Gasteiger partial charge >= 0.3 is 0 Å². The number of aliphatic hydroxyl groups is 1. The highest BCUT2D eigenvalue weighted by atomic mass is 32.2. The van der Waals surface area contributed by atoms with Crippen molar-refractivity contribution in [2.75, 3.05) is 26.1 Å². The molecule has 1 heterocycles. The first-order valence-corrected chi connectivity index (χ1v) is 15.3. The lowest BCUT2D eigenvalue weighted by molar-refractivity contribution is -0.121. The first-order valence-electron chi connectivity index (χ1n) is 12.2. The Hall–Kier alpha value is -2.31. The molecule has 0 aliphatic carbocycles. The molecule has 0 saturated heterocycles. The summed E-state index contributed by atoms with van der Waals surface area (Å²) in [6.07, 6.45) is 1.59. The van der Waals surface area contributed by atoms with Crippen LogP contribution in [0.2, 0.25) is 0 Å². The molecule has 37 heavy (non-hydrogen) atoms. The molecule has 11 heteroatoms. The normalized spacial score (nSPS) is 16.4. The fourth-order valence-electron chi connectivity index (χ4n) is 4.06. The van der Waals surface area contributed by atoms with E-state index in [4.69, 9.17) is 9.47 Å². The molecule has 2 N–H and O–H groups in total. The van der Waals surface area contributed by atoms with Crippen LogP contribution in [0.5, 0.6) is 11.5 Å². The molecule has 0 aromatic heterocycles. The molecular weight excluding hydrogens is 516 g/mol. The molecule has 0 bridgehead atoms. The number of hydrogen-bond donors (Lipinski definition) is 2. The molecule has 9 nitrogen and oxygen atoms in total. The van der Waals surface area contributed by atoms with E-state index in [1.54, 1.807) is 13.2 Å². The largest absolute Gasteiger partial charge is 0.616 e. The Bertz CT molecular complexity index is 1160. The Morgan fingerprint density at radius 3 is 2.49 bits per heavy atom. The minimum atomic E-state index is -4.18. The molecule has 204 valence electrons. The van der Waals surface area contributed by atoms with Gasteiger partial charge in [-0.15, -0.1) is 0 Å². The van der Waals surface area contributed by atoms with Crippen molar-refractivity contribution in [2.45, 2.75) is 55.9 Å². The number of sulfonamides is 1. The topological polar surface area (TPSA) is 128 Å². The van der Waals surface area contributed by atoms with Gasteiger partial charge in [-0.1, -0.05) is 55.4 Å². The lowest BCUT2D eigenvalue weighted by Gasteiger charge is -2.40. The molecule has 0 saturated carbocycles. The van der Waals surface area contributed by atoms with E-state index >= 15 is 0 Å². The van der Waals surface area contributed by atoms with Crippen LogP contribution in [0.3, 0.4) is 0 Å². The van der Waals surface area contributed by atoms with Crippen molar-refractivity contribution in [1.29, 1.82) is 0 Å². The minimum Gasteiger partial charge on any atom is -0.616 e. The van der Waals surface area contributed by atoms with Crippen LogP contribution in [0.4, 0.5) is 0 Å². The van der Waals surface area contributed by atoms with Crippen molar-refractivity contribution >= 4 is 27.1 Å². The molecule has 1 aliphatic heterocycles. The van der Waals surface area contributed by atoms with Crippen molar-refractivity contribution < 1.29 is 32.3 Å². The van der Waals surface area contributed by atoms with E-state index in [1.165, 1.54) is 18.2 Å². The highest BCUT2D eigenvalue weighted by Gasteiger charge is 2.43. The van der Waals surface area contributed by atoms with E-state index in [0.717, 1.165) is 9.87 Å². The first kappa shape index (κ1) is 29.2. The number of ether oxygens (including phenoxy) is 2. The van der Waals surface area contributed by atoms with Gasteiger partial charge in [-0.2, -0.15) is 4.31 Å². The maximum atomic E-state index is 14.0. The van der Waals surface area contributed by atoms with Gasteiger partial charge in [-0.25, -0.2) is 8.42 Å². The highest BCUT2D eigenvalue weighted by molar-refractivity contribution is 7.91. The Morgan fingerprint density at radius 1 is 1.16 bits per heavy atom. The standard InChI is InChI=1S/C26H36N2O7S2/c1-19(2)17-28(37(32,33)22-10-11-23-24(15-22)35-18-34-23)26(30,16-21-8-6-5-7-9-21)12-13-27-25(29)14-20(3)36(4)31/h5-11,15,19-20,30H,12-14,16-18H2,1-4H3,(H,27,29). The molecule has 2 aromatic carbocycles.